The summed E-state index contributed by atoms with van der Waals surface area (Å²) in [5.74, 6) is 0.158. The van der Waals surface area contributed by atoms with Crippen molar-refractivity contribution in [1.29, 1.82) is 0 Å². The summed E-state index contributed by atoms with van der Waals surface area (Å²) in [6.07, 6.45) is -0.784. The fourth-order valence-corrected chi connectivity index (χ4v) is 1.76. The molecular formula is C17H18N2O3. The zero-order valence-corrected chi connectivity index (χ0v) is 12.5. The van der Waals surface area contributed by atoms with Crippen molar-refractivity contribution in [1.82, 2.24) is 0 Å². The molecule has 0 aliphatic rings. The molecule has 2 rings (SSSR count). The molecule has 0 aliphatic heterocycles. The molecule has 114 valence electrons. The summed E-state index contributed by atoms with van der Waals surface area (Å²) in [5.41, 5.74) is 7.37. The highest BCUT2D eigenvalue weighted by molar-refractivity contribution is 5.97. The van der Waals surface area contributed by atoms with Crippen LogP contribution in [0.1, 0.15) is 18.1 Å². The average molecular weight is 298 g/mol. The maximum absolute atomic E-state index is 11.9. The predicted octanol–water partition coefficient (Wildman–Crippen LogP) is 2.63. The lowest BCUT2D eigenvalue weighted by Gasteiger charge is -2.13. The zero-order valence-electron chi connectivity index (χ0n) is 12.5. The predicted molar refractivity (Wildman–Crippen MR) is 84.5 cm³/mol. The fraction of sp³-hybridized carbons (Fsp3) is 0.176. The Bertz CT molecular complexity index is 669. The number of oxime groups is 1. The minimum atomic E-state index is -0.784. The lowest BCUT2D eigenvalue weighted by atomic mass is 10.2. The van der Waals surface area contributed by atoms with E-state index in [9.17, 15) is 4.79 Å². The van der Waals surface area contributed by atoms with E-state index in [1.54, 1.807) is 25.1 Å². The van der Waals surface area contributed by atoms with Crippen molar-refractivity contribution < 1.29 is 14.4 Å². The van der Waals surface area contributed by atoms with Gasteiger partial charge in [-0.2, -0.15) is 0 Å². The minimum absolute atomic E-state index is 0.136. The van der Waals surface area contributed by atoms with Gasteiger partial charge in [0.2, 0.25) is 0 Å². The molecule has 2 N–H and O–H groups in total. The molecular weight excluding hydrogens is 280 g/mol. The van der Waals surface area contributed by atoms with Crippen LogP contribution in [0.2, 0.25) is 0 Å². The number of rotatable bonds is 5. The summed E-state index contributed by atoms with van der Waals surface area (Å²) in [6, 6.07) is 16.5. The van der Waals surface area contributed by atoms with Gasteiger partial charge in [-0.05, 0) is 25.5 Å². The van der Waals surface area contributed by atoms with Crippen LogP contribution in [0, 0.1) is 6.92 Å². The van der Waals surface area contributed by atoms with Crippen LogP contribution >= 0.6 is 0 Å². The maximum atomic E-state index is 11.9. The largest absolute Gasteiger partial charge is 0.479 e. The van der Waals surface area contributed by atoms with Gasteiger partial charge in [-0.25, -0.2) is 4.79 Å². The topological polar surface area (TPSA) is 73.9 Å². The third-order valence-electron chi connectivity index (χ3n) is 3.03. The summed E-state index contributed by atoms with van der Waals surface area (Å²) in [6.45, 7) is 3.50. The molecule has 0 saturated heterocycles. The second kappa shape index (κ2) is 7.26. The standard InChI is InChI=1S/C17H18N2O3/c1-12-8-6-7-11-15(12)21-13(2)17(20)22-19-16(18)14-9-4-3-5-10-14/h3-11,13H,1-2H3,(H2,18,19). The van der Waals surface area contributed by atoms with Gasteiger partial charge in [-0.3, -0.25) is 0 Å². The molecule has 5 heteroatoms. The number of carbonyl (C=O) groups excluding carboxylic acids is 1. The van der Waals surface area contributed by atoms with Crippen LogP contribution in [0.25, 0.3) is 0 Å². The van der Waals surface area contributed by atoms with Crippen LogP contribution in [-0.2, 0) is 9.63 Å². The second-order valence-corrected chi connectivity index (χ2v) is 4.78. The molecule has 2 aromatic rings. The van der Waals surface area contributed by atoms with Gasteiger partial charge >= 0.3 is 5.97 Å². The highest BCUT2D eigenvalue weighted by Crippen LogP contribution is 2.18. The number of benzene rings is 2. The number of nitrogens with two attached hydrogens (primary N) is 1. The molecule has 0 bridgehead atoms. The smallest absolute Gasteiger partial charge is 0.374 e. The first-order valence-electron chi connectivity index (χ1n) is 6.90. The van der Waals surface area contributed by atoms with Crippen LogP contribution in [0.3, 0.4) is 0 Å². The summed E-state index contributed by atoms with van der Waals surface area (Å²) >= 11 is 0. The lowest BCUT2D eigenvalue weighted by Crippen LogP contribution is -2.26. The molecule has 5 nitrogen and oxygen atoms in total. The molecule has 0 saturated carbocycles. The van der Waals surface area contributed by atoms with Crippen LogP contribution in [0.5, 0.6) is 5.75 Å². The summed E-state index contributed by atoms with van der Waals surface area (Å²) < 4.78 is 5.56. The SMILES string of the molecule is Cc1ccccc1OC(C)C(=O)ON=C(N)c1ccccc1. The van der Waals surface area contributed by atoms with Gasteiger partial charge in [0.05, 0.1) is 0 Å². The Morgan fingerprint density at radius 3 is 2.41 bits per heavy atom. The van der Waals surface area contributed by atoms with E-state index in [1.165, 1.54) is 0 Å². The van der Waals surface area contributed by atoms with E-state index < -0.39 is 12.1 Å². The minimum Gasteiger partial charge on any atom is -0.479 e. The lowest BCUT2D eigenvalue weighted by molar-refractivity contribution is -0.151. The number of aryl methyl sites for hydroxylation is 1. The van der Waals surface area contributed by atoms with Gasteiger partial charge < -0.3 is 15.3 Å². The van der Waals surface area contributed by atoms with Crippen molar-refractivity contribution in [3.63, 3.8) is 0 Å². The first-order chi connectivity index (χ1) is 10.6. The Labute approximate surface area is 129 Å². The summed E-state index contributed by atoms with van der Waals surface area (Å²) in [5, 5.41) is 3.64. The molecule has 0 spiro atoms. The van der Waals surface area contributed by atoms with Gasteiger partial charge in [-0.15, -0.1) is 0 Å². The molecule has 0 fully saturated rings. The monoisotopic (exact) mass is 298 g/mol. The molecule has 2 aromatic carbocycles. The average Bonchev–Trinajstić information content (AvgIpc) is 2.55. The molecule has 1 unspecified atom stereocenters. The number of nitrogens with zero attached hydrogens (tertiary/aromatic N) is 1. The summed E-state index contributed by atoms with van der Waals surface area (Å²) in [4.78, 5) is 16.7. The Morgan fingerprint density at radius 2 is 1.73 bits per heavy atom. The van der Waals surface area contributed by atoms with Gasteiger partial charge in [0.1, 0.15) is 5.75 Å². The molecule has 0 heterocycles. The number of hydrogen-bond acceptors (Lipinski definition) is 4. The molecule has 1 atom stereocenters. The van der Waals surface area contributed by atoms with E-state index >= 15 is 0 Å². The van der Waals surface area contributed by atoms with Crippen LogP contribution < -0.4 is 10.5 Å². The number of hydrogen-bond donors (Lipinski definition) is 1. The van der Waals surface area contributed by atoms with Gasteiger partial charge in [0.25, 0.3) is 0 Å². The van der Waals surface area contributed by atoms with Crippen LogP contribution in [0.15, 0.2) is 59.8 Å². The molecule has 22 heavy (non-hydrogen) atoms. The van der Waals surface area contributed by atoms with E-state index in [2.05, 4.69) is 5.16 Å². The van der Waals surface area contributed by atoms with E-state index in [4.69, 9.17) is 15.3 Å². The van der Waals surface area contributed by atoms with Crippen molar-refractivity contribution >= 4 is 11.8 Å². The van der Waals surface area contributed by atoms with Crippen molar-refractivity contribution in [3.05, 3.63) is 65.7 Å². The zero-order chi connectivity index (χ0) is 15.9. The van der Waals surface area contributed by atoms with E-state index in [0.29, 0.717) is 11.3 Å². The maximum Gasteiger partial charge on any atom is 0.374 e. The molecule has 0 aromatic heterocycles. The van der Waals surface area contributed by atoms with Crippen molar-refractivity contribution in [2.24, 2.45) is 10.9 Å². The number of amidine groups is 1. The van der Waals surface area contributed by atoms with Crippen molar-refractivity contribution in [2.45, 2.75) is 20.0 Å². The van der Waals surface area contributed by atoms with Crippen molar-refractivity contribution in [2.75, 3.05) is 0 Å². The molecule has 0 radical (unpaired) electrons. The van der Waals surface area contributed by atoms with E-state index in [0.717, 1.165) is 5.56 Å². The van der Waals surface area contributed by atoms with E-state index in [-0.39, 0.29) is 5.84 Å². The summed E-state index contributed by atoms with van der Waals surface area (Å²) in [7, 11) is 0. The highest BCUT2D eigenvalue weighted by atomic mass is 16.7. The number of para-hydroxylation sites is 1. The molecule has 0 amide bonds. The van der Waals surface area contributed by atoms with Crippen LogP contribution in [0.4, 0.5) is 0 Å². The second-order valence-electron chi connectivity index (χ2n) is 4.78. The number of carbonyl (C=O) groups is 1. The quantitative estimate of drug-likeness (QED) is 0.398. The van der Waals surface area contributed by atoms with E-state index in [1.807, 2.05) is 43.3 Å². The third kappa shape index (κ3) is 4.09. The first kappa shape index (κ1) is 15.6. The fourth-order valence-electron chi connectivity index (χ4n) is 1.76. The van der Waals surface area contributed by atoms with Gasteiger partial charge in [0, 0.05) is 5.56 Å². The Morgan fingerprint density at radius 1 is 1.09 bits per heavy atom. The number of ether oxygens (including phenoxy) is 1. The Kier molecular flexibility index (Phi) is 5.14. The third-order valence-corrected chi connectivity index (χ3v) is 3.03. The molecule has 0 aliphatic carbocycles. The van der Waals surface area contributed by atoms with Gasteiger partial charge in [-0.1, -0.05) is 53.7 Å². The Balaban J connectivity index is 1.96. The normalized spacial score (nSPS) is 12.5. The Hall–Kier alpha value is -2.82. The first-order valence-corrected chi connectivity index (χ1v) is 6.90. The highest BCUT2D eigenvalue weighted by Gasteiger charge is 2.17. The van der Waals surface area contributed by atoms with Crippen LogP contribution in [-0.4, -0.2) is 17.9 Å². The van der Waals surface area contributed by atoms with Crippen molar-refractivity contribution in [3.8, 4) is 5.75 Å². The van der Waals surface area contributed by atoms with Gasteiger partial charge in [0.15, 0.2) is 11.9 Å².